The van der Waals surface area contributed by atoms with E-state index in [9.17, 15) is 10.2 Å². The minimum absolute atomic E-state index is 0. The summed E-state index contributed by atoms with van der Waals surface area (Å²) in [6.07, 6.45) is 6.76. The van der Waals surface area contributed by atoms with E-state index >= 15 is 0 Å². The third-order valence-corrected chi connectivity index (χ3v) is 8.63. The van der Waals surface area contributed by atoms with Crippen LogP contribution in [0.1, 0.15) is 77.5 Å². The highest BCUT2D eigenvalue weighted by Gasteiger charge is 2.17. The molecule has 258 valence electrons. The Bertz CT molecular complexity index is 1300. The molecule has 3 N–H and O–H groups in total. The number of ether oxygens (including phenoxy) is 1. The number of aliphatic hydroxyl groups is 2. The van der Waals surface area contributed by atoms with E-state index in [0.29, 0.717) is 0 Å². The van der Waals surface area contributed by atoms with Crippen LogP contribution in [-0.4, -0.2) is 75.3 Å². The predicted octanol–water partition coefficient (Wildman–Crippen LogP) is 8.76. The Morgan fingerprint density at radius 1 is 0.617 bits per heavy atom. The molecule has 0 saturated carbocycles. The summed E-state index contributed by atoms with van der Waals surface area (Å²) in [6, 6.07) is 31.3. The number of hydrogen-bond acceptors (Lipinski definition) is 5. The van der Waals surface area contributed by atoms with E-state index < -0.39 is 0 Å². The standard InChI is InChI=1S/C14H19NO.C13H16O.C12H15NO.3CH4/c1-15-9-8-13(11-16-2)14(10-15)12-6-4-3-5-7-12;14-10-12-8-4-5-9-13(12)11-6-2-1-3-7-11;14-9-11-6-7-13-8-12(11)10-4-2-1-3-5-10;;;/h3-7H,8-11H2,1-2H3;1-3,6-7,14H,4-5,8-10H2;1-5,13-14H,6-9H2;3*1H4. The molecule has 3 aromatic carbocycles. The number of methoxy groups -OCH3 is 1. The Labute approximate surface area is 286 Å². The van der Waals surface area contributed by atoms with Crippen LogP contribution in [0, 0.1) is 0 Å². The first-order valence-corrected chi connectivity index (χ1v) is 16.0. The number of nitrogens with one attached hydrogen (secondary N) is 1. The van der Waals surface area contributed by atoms with Gasteiger partial charge < -0.3 is 25.2 Å². The highest BCUT2D eigenvalue weighted by Crippen LogP contribution is 2.31. The first-order valence-electron chi connectivity index (χ1n) is 16.0. The van der Waals surface area contributed by atoms with Gasteiger partial charge in [0.1, 0.15) is 0 Å². The van der Waals surface area contributed by atoms with Gasteiger partial charge in [-0.25, -0.2) is 0 Å². The third kappa shape index (κ3) is 12.7. The zero-order valence-corrected chi connectivity index (χ0v) is 26.6. The summed E-state index contributed by atoms with van der Waals surface area (Å²) in [5.41, 5.74) is 11.8. The molecule has 0 atom stereocenters. The number of aliphatic hydroxyl groups excluding tert-OH is 2. The van der Waals surface area contributed by atoms with Crippen molar-refractivity contribution in [2.45, 2.75) is 60.8 Å². The van der Waals surface area contributed by atoms with Gasteiger partial charge in [0.15, 0.2) is 0 Å². The molecule has 6 rings (SSSR count). The van der Waals surface area contributed by atoms with Crippen LogP contribution in [0.15, 0.2) is 108 Å². The molecular weight excluding hydrogens is 580 g/mol. The Hall–Kier alpha value is -3.32. The molecule has 3 aromatic rings. The minimum atomic E-state index is 0. The Balaban J connectivity index is 0.000000343. The molecule has 0 fully saturated rings. The van der Waals surface area contributed by atoms with Gasteiger partial charge in [-0.1, -0.05) is 113 Å². The lowest BCUT2D eigenvalue weighted by Gasteiger charge is -2.28. The average molecular weight is 643 g/mol. The summed E-state index contributed by atoms with van der Waals surface area (Å²) in [6.45, 7) is 5.19. The van der Waals surface area contributed by atoms with Crippen LogP contribution in [0.25, 0.3) is 16.7 Å². The topological polar surface area (TPSA) is 65.0 Å². The maximum absolute atomic E-state index is 9.26. The monoisotopic (exact) mass is 642 g/mol. The van der Waals surface area contributed by atoms with Crippen LogP contribution < -0.4 is 5.32 Å². The number of benzene rings is 3. The second-order valence-electron chi connectivity index (χ2n) is 11.7. The van der Waals surface area contributed by atoms with Gasteiger partial charge in [-0.05, 0) is 102 Å². The van der Waals surface area contributed by atoms with Crippen LogP contribution in [0.5, 0.6) is 0 Å². The quantitative estimate of drug-likeness (QED) is 0.241. The number of likely N-dealkylation sites (N-methyl/N-ethyl adjacent to an activating group) is 1. The first kappa shape index (κ1) is 41.7. The maximum atomic E-state index is 9.26. The lowest BCUT2D eigenvalue weighted by Crippen LogP contribution is -2.28. The summed E-state index contributed by atoms with van der Waals surface area (Å²) in [4.78, 5) is 2.36. The fourth-order valence-electron chi connectivity index (χ4n) is 6.18. The van der Waals surface area contributed by atoms with Crippen LogP contribution in [0.4, 0.5) is 0 Å². The number of rotatable bonds is 7. The molecule has 0 radical (unpaired) electrons. The van der Waals surface area contributed by atoms with Gasteiger partial charge in [-0.15, -0.1) is 0 Å². The van der Waals surface area contributed by atoms with Crippen molar-refractivity contribution in [1.29, 1.82) is 0 Å². The third-order valence-electron chi connectivity index (χ3n) is 8.63. The summed E-state index contributed by atoms with van der Waals surface area (Å²) >= 11 is 0. The van der Waals surface area contributed by atoms with E-state index in [1.54, 1.807) is 7.11 Å². The molecule has 0 unspecified atom stereocenters. The molecule has 0 spiro atoms. The zero-order chi connectivity index (χ0) is 31.0. The van der Waals surface area contributed by atoms with Gasteiger partial charge >= 0.3 is 0 Å². The molecule has 1 aliphatic carbocycles. The van der Waals surface area contributed by atoms with Gasteiger partial charge in [0.2, 0.25) is 0 Å². The van der Waals surface area contributed by atoms with Crippen LogP contribution in [0.2, 0.25) is 0 Å². The van der Waals surface area contributed by atoms with Gasteiger partial charge in [-0.3, -0.25) is 0 Å². The number of allylic oxidation sites excluding steroid dienone is 1. The second kappa shape index (κ2) is 23.1. The normalized spacial score (nSPS) is 16.3. The lowest BCUT2D eigenvalue weighted by molar-refractivity contribution is 0.217. The van der Waals surface area contributed by atoms with E-state index in [1.165, 1.54) is 63.0 Å². The van der Waals surface area contributed by atoms with E-state index in [0.717, 1.165) is 58.5 Å². The number of nitrogens with zero attached hydrogens (tertiary/aromatic N) is 1. The highest BCUT2D eigenvalue weighted by atomic mass is 16.5. The van der Waals surface area contributed by atoms with Crippen LogP contribution >= 0.6 is 0 Å². The van der Waals surface area contributed by atoms with Gasteiger partial charge in [0, 0.05) is 26.7 Å². The first-order chi connectivity index (χ1) is 21.6. The maximum Gasteiger partial charge on any atom is 0.0679 e. The fourth-order valence-corrected chi connectivity index (χ4v) is 6.18. The molecule has 0 bridgehead atoms. The van der Waals surface area contributed by atoms with Crippen molar-refractivity contribution >= 4 is 16.7 Å². The molecule has 47 heavy (non-hydrogen) atoms. The SMILES string of the molecule is C.C.C.COCC1=C(c2ccccc2)CN(C)CC1.OCC1=C(c2ccccc2)CCCC1.OCC1=C(c2ccccc2)CNCC1. The van der Waals surface area contributed by atoms with Crippen molar-refractivity contribution in [3.63, 3.8) is 0 Å². The molecule has 0 aromatic heterocycles. The minimum Gasteiger partial charge on any atom is -0.392 e. The second-order valence-corrected chi connectivity index (χ2v) is 11.7. The van der Waals surface area contributed by atoms with Crippen molar-refractivity contribution in [2.24, 2.45) is 0 Å². The van der Waals surface area contributed by atoms with E-state index in [4.69, 9.17) is 4.74 Å². The predicted molar refractivity (Wildman–Crippen MR) is 204 cm³/mol. The molecule has 5 heteroatoms. The highest BCUT2D eigenvalue weighted by molar-refractivity contribution is 5.72. The molecule has 5 nitrogen and oxygen atoms in total. The van der Waals surface area contributed by atoms with E-state index in [1.807, 2.05) is 24.3 Å². The van der Waals surface area contributed by atoms with Gasteiger partial charge in [-0.2, -0.15) is 0 Å². The average Bonchev–Trinajstić information content (AvgIpc) is 3.11. The summed E-state index contributed by atoms with van der Waals surface area (Å²) in [5, 5.41) is 21.8. The molecule has 3 aliphatic rings. The van der Waals surface area contributed by atoms with E-state index in [-0.39, 0.29) is 35.5 Å². The van der Waals surface area contributed by atoms with Crippen molar-refractivity contribution in [3.8, 4) is 0 Å². The molecule has 2 aliphatic heterocycles. The van der Waals surface area contributed by atoms with Crippen LogP contribution in [0.3, 0.4) is 0 Å². The zero-order valence-electron chi connectivity index (χ0n) is 26.6. The Kier molecular flexibility index (Phi) is 20.5. The Morgan fingerprint density at radius 3 is 1.64 bits per heavy atom. The van der Waals surface area contributed by atoms with Gasteiger partial charge in [0.05, 0.1) is 19.8 Å². The Morgan fingerprint density at radius 2 is 1.11 bits per heavy atom. The largest absolute Gasteiger partial charge is 0.392 e. The van der Waals surface area contributed by atoms with Crippen molar-refractivity contribution < 1.29 is 14.9 Å². The van der Waals surface area contributed by atoms with Crippen LogP contribution in [-0.2, 0) is 4.74 Å². The van der Waals surface area contributed by atoms with Crippen molar-refractivity contribution in [2.75, 3.05) is 60.2 Å². The van der Waals surface area contributed by atoms with Crippen molar-refractivity contribution in [3.05, 3.63) is 124 Å². The number of hydrogen-bond donors (Lipinski definition) is 3. The molecule has 0 saturated heterocycles. The van der Waals surface area contributed by atoms with E-state index in [2.05, 4.69) is 84.0 Å². The fraction of sp³-hybridized carbons (Fsp3) is 0.429. The lowest BCUT2D eigenvalue weighted by atomic mass is 9.88. The smallest absolute Gasteiger partial charge is 0.0679 e. The summed E-state index contributed by atoms with van der Waals surface area (Å²) < 4.78 is 5.29. The summed E-state index contributed by atoms with van der Waals surface area (Å²) in [7, 11) is 3.94. The molecule has 0 amide bonds. The van der Waals surface area contributed by atoms with Gasteiger partial charge in [0.25, 0.3) is 0 Å². The molecular formula is C42H62N2O3. The van der Waals surface area contributed by atoms with Crippen molar-refractivity contribution in [1.82, 2.24) is 10.2 Å². The summed E-state index contributed by atoms with van der Waals surface area (Å²) in [5.74, 6) is 0. The molecule has 2 heterocycles.